The molecule has 1 aromatic heterocycles. The summed E-state index contributed by atoms with van der Waals surface area (Å²) in [4.78, 5) is 8.46. The van der Waals surface area contributed by atoms with E-state index in [0.717, 1.165) is 23.1 Å². The number of hydrogen-bond acceptors (Lipinski definition) is 5. The number of nitrogen functional groups attached to an aromatic ring is 1. The third-order valence-corrected chi connectivity index (χ3v) is 2.98. The fourth-order valence-corrected chi connectivity index (χ4v) is 2.13. The summed E-state index contributed by atoms with van der Waals surface area (Å²) >= 11 is 0. The van der Waals surface area contributed by atoms with Gasteiger partial charge in [0.2, 0.25) is 0 Å². The largest absolute Gasteiger partial charge is 0.399 e. The lowest BCUT2D eigenvalue weighted by molar-refractivity contribution is 0.259. The summed E-state index contributed by atoms with van der Waals surface area (Å²) in [6, 6.07) is 5.54. The molecule has 1 atom stereocenters. The third kappa shape index (κ3) is 3.32. The molecule has 1 aromatic carbocycles. The lowest BCUT2D eigenvalue weighted by atomic mass is 10.0. The van der Waals surface area contributed by atoms with Gasteiger partial charge >= 0.3 is 0 Å². The van der Waals surface area contributed by atoms with Gasteiger partial charge < -0.3 is 16.2 Å². The van der Waals surface area contributed by atoms with Gasteiger partial charge in [-0.25, -0.2) is 9.97 Å². The molecule has 0 radical (unpaired) electrons. The second kappa shape index (κ2) is 5.84. The molecule has 102 valence electrons. The molecule has 0 aliphatic rings. The van der Waals surface area contributed by atoms with Gasteiger partial charge in [0.1, 0.15) is 12.1 Å². The fourth-order valence-electron chi connectivity index (χ4n) is 2.13. The molecular formula is C14H20N4O. The Morgan fingerprint density at radius 2 is 2.11 bits per heavy atom. The molecule has 19 heavy (non-hydrogen) atoms. The summed E-state index contributed by atoms with van der Waals surface area (Å²) in [6.45, 7) is 4.34. The standard InChI is InChI=1S/C14H20N4O/c1-9(2)5-11(7-19)18-14-12-4-3-10(15)6-13(12)16-8-17-14/h3-4,6,8-9,11,19H,5,7,15H2,1-2H3,(H,16,17,18). The highest BCUT2D eigenvalue weighted by atomic mass is 16.3. The summed E-state index contributed by atoms with van der Waals surface area (Å²) in [5.74, 6) is 1.25. The predicted molar refractivity (Wildman–Crippen MR) is 77.9 cm³/mol. The van der Waals surface area contributed by atoms with Crippen molar-refractivity contribution in [1.82, 2.24) is 9.97 Å². The Kier molecular flexibility index (Phi) is 4.16. The van der Waals surface area contributed by atoms with Crippen LogP contribution in [0.2, 0.25) is 0 Å². The summed E-state index contributed by atoms with van der Waals surface area (Å²) in [6.07, 6.45) is 2.39. The minimum Gasteiger partial charge on any atom is -0.399 e. The van der Waals surface area contributed by atoms with E-state index >= 15 is 0 Å². The minimum atomic E-state index is -0.00402. The summed E-state index contributed by atoms with van der Waals surface area (Å²) in [7, 11) is 0. The van der Waals surface area contributed by atoms with Crippen LogP contribution in [0, 0.1) is 5.92 Å². The van der Waals surface area contributed by atoms with Crippen molar-refractivity contribution >= 4 is 22.4 Å². The van der Waals surface area contributed by atoms with Gasteiger partial charge in [0.25, 0.3) is 0 Å². The van der Waals surface area contributed by atoms with E-state index in [1.54, 1.807) is 0 Å². The van der Waals surface area contributed by atoms with E-state index < -0.39 is 0 Å². The maximum absolute atomic E-state index is 9.43. The van der Waals surface area contributed by atoms with E-state index in [1.165, 1.54) is 6.33 Å². The fraction of sp³-hybridized carbons (Fsp3) is 0.429. The van der Waals surface area contributed by atoms with Crippen molar-refractivity contribution in [3.05, 3.63) is 24.5 Å². The zero-order valence-electron chi connectivity index (χ0n) is 11.3. The van der Waals surface area contributed by atoms with Gasteiger partial charge in [-0.1, -0.05) is 13.8 Å². The summed E-state index contributed by atoms with van der Waals surface area (Å²) < 4.78 is 0. The highest BCUT2D eigenvalue weighted by molar-refractivity contribution is 5.90. The molecule has 0 aliphatic carbocycles. The van der Waals surface area contributed by atoms with Crippen LogP contribution in [0.1, 0.15) is 20.3 Å². The van der Waals surface area contributed by atoms with Crippen LogP contribution in [0.5, 0.6) is 0 Å². The van der Waals surface area contributed by atoms with Gasteiger partial charge in [0.15, 0.2) is 0 Å². The van der Waals surface area contributed by atoms with E-state index in [4.69, 9.17) is 5.73 Å². The number of nitrogens with zero attached hydrogens (tertiary/aromatic N) is 2. The summed E-state index contributed by atoms with van der Waals surface area (Å²) in [5.41, 5.74) is 7.23. The van der Waals surface area contributed by atoms with Crippen LogP contribution >= 0.6 is 0 Å². The molecule has 0 spiro atoms. The number of aliphatic hydroxyl groups excluding tert-OH is 1. The van der Waals surface area contributed by atoms with E-state index in [2.05, 4.69) is 29.1 Å². The lowest BCUT2D eigenvalue weighted by Crippen LogP contribution is -2.26. The number of hydrogen-bond donors (Lipinski definition) is 3. The van der Waals surface area contributed by atoms with Crippen molar-refractivity contribution in [2.75, 3.05) is 17.7 Å². The van der Waals surface area contributed by atoms with Crippen molar-refractivity contribution in [3.8, 4) is 0 Å². The number of nitrogens with two attached hydrogens (primary N) is 1. The number of aliphatic hydroxyl groups is 1. The molecule has 5 nitrogen and oxygen atoms in total. The van der Waals surface area contributed by atoms with Gasteiger partial charge in [-0.05, 0) is 30.5 Å². The number of benzene rings is 1. The molecule has 1 heterocycles. The Hall–Kier alpha value is -1.88. The molecule has 0 fully saturated rings. The zero-order chi connectivity index (χ0) is 13.8. The highest BCUT2D eigenvalue weighted by Gasteiger charge is 2.12. The monoisotopic (exact) mass is 260 g/mol. The topological polar surface area (TPSA) is 84.1 Å². The van der Waals surface area contributed by atoms with Gasteiger partial charge in [-0.2, -0.15) is 0 Å². The first-order valence-corrected chi connectivity index (χ1v) is 6.47. The Morgan fingerprint density at radius 1 is 1.32 bits per heavy atom. The highest BCUT2D eigenvalue weighted by Crippen LogP contribution is 2.22. The lowest BCUT2D eigenvalue weighted by Gasteiger charge is -2.19. The second-order valence-electron chi connectivity index (χ2n) is 5.15. The molecule has 2 rings (SSSR count). The Labute approximate surface area is 112 Å². The first-order chi connectivity index (χ1) is 9.10. The molecular weight excluding hydrogens is 240 g/mol. The van der Waals surface area contributed by atoms with Gasteiger partial charge in [0.05, 0.1) is 18.2 Å². The van der Waals surface area contributed by atoms with E-state index in [9.17, 15) is 5.11 Å². The van der Waals surface area contributed by atoms with E-state index in [1.807, 2.05) is 18.2 Å². The van der Waals surface area contributed by atoms with Crippen molar-refractivity contribution in [2.45, 2.75) is 26.3 Å². The van der Waals surface area contributed by atoms with Crippen LogP contribution in [-0.2, 0) is 0 Å². The van der Waals surface area contributed by atoms with Gasteiger partial charge in [-0.15, -0.1) is 0 Å². The molecule has 2 aromatic rings. The van der Waals surface area contributed by atoms with Crippen LogP contribution in [0.4, 0.5) is 11.5 Å². The second-order valence-corrected chi connectivity index (χ2v) is 5.15. The Balaban J connectivity index is 2.29. The summed E-state index contributed by atoms with van der Waals surface area (Å²) in [5, 5.41) is 13.6. The number of nitrogens with one attached hydrogen (secondary N) is 1. The molecule has 5 heteroatoms. The Bertz CT molecular complexity index is 556. The molecule has 0 saturated carbocycles. The average Bonchev–Trinajstić information content (AvgIpc) is 2.37. The normalized spacial score (nSPS) is 12.8. The van der Waals surface area contributed by atoms with Crippen LogP contribution in [0.15, 0.2) is 24.5 Å². The van der Waals surface area contributed by atoms with Crippen molar-refractivity contribution in [2.24, 2.45) is 5.92 Å². The number of anilines is 2. The maximum atomic E-state index is 9.43. The zero-order valence-corrected chi connectivity index (χ0v) is 11.3. The smallest absolute Gasteiger partial charge is 0.137 e. The van der Waals surface area contributed by atoms with Gasteiger partial charge in [-0.3, -0.25) is 0 Å². The molecule has 0 amide bonds. The SMILES string of the molecule is CC(C)CC(CO)Nc1ncnc2cc(N)ccc12. The number of rotatable bonds is 5. The van der Waals surface area contributed by atoms with Crippen molar-refractivity contribution < 1.29 is 5.11 Å². The van der Waals surface area contributed by atoms with Crippen LogP contribution in [-0.4, -0.2) is 27.7 Å². The maximum Gasteiger partial charge on any atom is 0.137 e. The first-order valence-electron chi connectivity index (χ1n) is 6.47. The van der Waals surface area contributed by atoms with Crippen LogP contribution in [0.3, 0.4) is 0 Å². The Morgan fingerprint density at radius 3 is 2.79 bits per heavy atom. The quantitative estimate of drug-likeness (QED) is 0.716. The molecule has 4 N–H and O–H groups in total. The van der Waals surface area contributed by atoms with Crippen LogP contribution in [0.25, 0.3) is 10.9 Å². The predicted octanol–water partition coefficient (Wildman–Crippen LogP) is 2.03. The van der Waals surface area contributed by atoms with E-state index in [-0.39, 0.29) is 12.6 Å². The molecule has 0 bridgehead atoms. The molecule has 1 unspecified atom stereocenters. The number of aromatic nitrogens is 2. The molecule has 0 aliphatic heterocycles. The minimum absolute atomic E-state index is 0.00402. The van der Waals surface area contributed by atoms with Crippen LogP contribution < -0.4 is 11.1 Å². The number of fused-ring (bicyclic) bond motifs is 1. The molecule has 0 saturated heterocycles. The van der Waals surface area contributed by atoms with E-state index in [0.29, 0.717) is 11.6 Å². The van der Waals surface area contributed by atoms with Crippen molar-refractivity contribution in [1.29, 1.82) is 0 Å². The average molecular weight is 260 g/mol. The first kappa shape index (κ1) is 13.5. The van der Waals surface area contributed by atoms with Gasteiger partial charge in [0, 0.05) is 11.1 Å². The third-order valence-electron chi connectivity index (χ3n) is 2.98. The van der Waals surface area contributed by atoms with Crippen molar-refractivity contribution in [3.63, 3.8) is 0 Å².